The van der Waals surface area contributed by atoms with E-state index in [0.717, 1.165) is 10.6 Å². The van der Waals surface area contributed by atoms with Crippen molar-refractivity contribution in [3.8, 4) is 0 Å². The van der Waals surface area contributed by atoms with Gasteiger partial charge in [0.1, 0.15) is 0 Å². The summed E-state index contributed by atoms with van der Waals surface area (Å²) in [6, 6.07) is 8.55. The Morgan fingerprint density at radius 3 is 1.60 bits per heavy atom. The fourth-order valence-electron chi connectivity index (χ4n) is 0.866. The second-order valence-corrected chi connectivity index (χ2v) is 3.41. The molecule has 1 aromatic carbocycles. The first-order valence-corrected chi connectivity index (χ1v) is 5.82. The van der Waals surface area contributed by atoms with E-state index in [0.29, 0.717) is 0 Å². The van der Waals surface area contributed by atoms with Crippen molar-refractivity contribution in [2.45, 2.75) is 10.6 Å². The van der Waals surface area contributed by atoms with Gasteiger partial charge in [-0.2, -0.15) is 0 Å². The van der Waals surface area contributed by atoms with Crippen molar-refractivity contribution < 1.29 is 0 Å². The molecule has 0 atom stereocenters. The van der Waals surface area contributed by atoms with E-state index in [1.807, 2.05) is 0 Å². The van der Waals surface area contributed by atoms with Gasteiger partial charge in [-0.05, 0) is 0 Å². The van der Waals surface area contributed by atoms with Gasteiger partial charge in [0.25, 0.3) is 0 Å². The Morgan fingerprint density at radius 2 is 1.30 bits per heavy atom. The third-order valence-electron chi connectivity index (χ3n) is 1.46. The first-order chi connectivity index (χ1) is 4.88. The Morgan fingerprint density at radius 1 is 0.900 bits per heavy atom. The molecule has 1 rings (SSSR count). The molecular weight excluding hydrogens is 254 g/mol. The van der Waals surface area contributed by atoms with Crippen LogP contribution >= 0.6 is 0 Å². The van der Waals surface area contributed by atoms with Crippen LogP contribution in [0.1, 0.15) is 11.1 Å². The van der Waals surface area contributed by atoms with Crippen LogP contribution in [0.15, 0.2) is 24.3 Å². The summed E-state index contributed by atoms with van der Waals surface area (Å²) in [5.41, 5.74) is 2.89. The first kappa shape index (κ1) is 8.36. The maximum absolute atomic E-state index is 2.61. The topological polar surface area (TPSA) is 0 Å². The van der Waals surface area contributed by atoms with Crippen molar-refractivity contribution in [1.29, 1.82) is 0 Å². The second kappa shape index (κ2) is 4.20. The molecular formula is C8H10Se2. The summed E-state index contributed by atoms with van der Waals surface area (Å²) in [7, 11) is 0. The molecule has 0 fully saturated rings. The molecule has 0 aliphatic rings. The van der Waals surface area contributed by atoms with E-state index in [4.69, 9.17) is 0 Å². The van der Waals surface area contributed by atoms with Gasteiger partial charge in [0.2, 0.25) is 0 Å². The van der Waals surface area contributed by atoms with Crippen LogP contribution in [0.3, 0.4) is 0 Å². The van der Waals surface area contributed by atoms with E-state index in [9.17, 15) is 0 Å². The SMILES string of the molecule is [SeH]Cc1ccccc1C[SeH]. The Kier molecular flexibility index (Phi) is 3.51. The predicted molar refractivity (Wildman–Crippen MR) is 48.1 cm³/mol. The predicted octanol–water partition coefficient (Wildman–Crippen LogP) is 0.488. The van der Waals surface area contributed by atoms with Crippen molar-refractivity contribution in [3.63, 3.8) is 0 Å². The zero-order chi connectivity index (χ0) is 7.40. The summed E-state index contributed by atoms with van der Waals surface area (Å²) < 4.78 is 0. The third-order valence-corrected chi connectivity index (χ3v) is 2.89. The van der Waals surface area contributed by atoms with Crippen molar-refractivity contribution in [3.05, 3.63) is 35.4 Å². The van der Waals surface area contributed by atoms with E-state index < -0.39 is 0 Å². The van der Waals surface area contributed by atoms with E-state index >= 15 is 0 Å². The summed E-state index contributed by atoms with van der Waals surface area (Å²) in [5.74, 6) is 0. The van der Waals surface area contributed by atoms with Crippen molar-refractivity contribution in [2.75, 3.05) is 0 Å². The van der Waals surface area contributed by atoms with Gasteiger partial charge >= 0.3 is 78.1 Å². The van der Waals surface area contributed by atoms with E-state index in [1.165, 1.54) is 11.1 Å². The zero-order valence-electron chi connectivity index (χ0n) is 5.62. The molecule has 0 spiro atoms. The normalized spacial score (nSPS) is 9.80. The van der Waals surface area contributed by atoms with Crippen LogP contribution in [0.25, 0.3) is 0 Å². The van der Waals surface area contributed by atoms with Gasteiger partial charge in [0.15, 0.2) is 0 Å². The minimum atomic E-state index is 1.08. The molecule has 0 unspecified atom stereocenters. The van der Waals surface area contributed by atoms with Crippen LogP contribution in [0.5, 0.6) is 0 Å². The molecule has 10 heavy (non-hydrogen) atoms. The third kappa shape index (κ3) is 1.87. The van der Waals surface area contributed by atoms with Crippen LogP contribution in [0.4, 0.5) is 0 Å². The van der Waals surface area contributed by atoms with Crippen LogP contribution < -0.4 is 0 Å². The van der Waals surface area contributed by atoms with Gasteiger partial charge in [-0.3, -0.25) is 0 Å². The standard InChI is InChI=1S/C8H10Se2/c9-5-7-3-1-2-4-8(7)6-10/h1-4,9-10H,5-6H2. The van der Waals surface area contributed by atoms with Crippen LogP contribution in [0.2, 0.25) is 0 Å². The van der Waals surface area contributed by atoms with Crippen LogP contribution in [-0.4, -0.2) is 32.0 Å². The number of benzene rings is 1. The molecule has 0 heterocycles. The number of hydrogen-bond donors (Lipinski definition) is 0. The molecule has 2 heteroatoms. The number of hydrogen-bond acceptors (Lipinski definition) is 0. The van der Waals surface area contributed by atoms with Crippen LogP contribution in [0, 0.1) is 0 Å². The summed E-state index contributed by atoms with van der Waals surface area (Å²) in [4.78, 5) is 0. The molecule has 0 saturated heterocycles. The molecule has 0 saturated carbocycles. The second-order valence-electron chi connectivity index (χ2n) is 2.08. The summed E-state index contributed by atoms with van der Waals surface area (Å²) in [6.07, 6.45) is 0. The van der Waals surface area contributed by atoms with Gasteiger partial charge < -0.3 is 0 Å². The fraction of sp³-hybridized carbons (Fsp3) is 0.250. The zero-order valence-corrected chi connectivity index (χ0v) is 9.37. The Bertz CT molecular complexity index is 185. The Labute approximate surface area is 78.0 Å². The van der Waals surface area contributed by atoms with E-state index in [1.54, 1.807) is 0 Å². The monoisotopic (exact) mass is 266 g/mol. The van der Waals surface area contributed by atoms with E-state index in [2.05, 4.69) is 56.3 Å². The molecule has 0 N–H and O–H groups in total. The molecule has 0 nitrogen and oxygen atoms in total. The maximum atomic E-state index is 2.61. The van der Waals surface area contributed by atoms with Gasteiger partial charge in [-0.1, -0.05) is 0 Å². The Hall–Kier alpha value is 0.259. The molecule has 0 bridgehead atoms. The van der Waals surface area contributed by atoms with E-state index in [-0.39, 0.29) is 0 Å². The minimum absolute atomic E-state index is 1.08. The molecule has 1 aromatic rings. The summed E-state index contributed by atoms with van der Waals surface area (Å²) in [5, 5.41) is 2.17. The van der Waals surface area contributed by atoms with Gasteiger partial charge in [0.05, 0.1) is 0 Å². The van der Waals surface area contributed by atoms with Crippen LogP contribution in [-0.2, 0) is 10.6 Å². The van der Waals surface area contributed by atoms with Crippen molar-refractivity contribution in [2.24, 2.45) is 0 Å². The molecule has 0 amide bonds. The summed E-state index contributed by atoms with van der Waals surface area (Å²) in [6.45, 7) is 0. The van der Waals surface area contributed by atoms with Gasteiger partial charge in [0, 0.05) is 0 Å². The Balaban J connectivity index is 2.96. The number of rotatable bonds is 2. The average Bonchev–Trinajstić information content (AvgIpc) is 2.04. The quantitative estimate of drug-likeness (QED) is 0.682. The van der Waals surface area contributed by atoms with Crippen molar-refractivity contribution >= 4 is 32.0 Å². The molecule has 54 valence electrons. The first-order valence-electron chi connectivity index (χ1n) is 3.17. The molecule has 0 aromatic heterocycles. The van der Waals surface area contributed by atoms with Crippen molar-refractivity contribution in [1.82, 2.24) is 0 Å². The molecule has 0 radical (unpaired) electrons. The molecule has 0 aliphatic carbocycles. The van der Waals surface area contributed by atoms with Gasteiger partial charge in [-0.25, -0.2) is 0 Å². The fourth-order valence-corrected chi connectivity index (χ4v) is 2.16. The average molecular weight is 264 g/mol. The summed E-state index contributed by atoms with van der Waals surface area (Å²) >= 11 is 5.22. The van der Waals surface area contributed by atoms with Gasteiger partial charge in [-0.15, -0.1) is 0 Å². The molecule has 0 aliphatic heterocycles.